The van der Waals surface area contributed by atoms with Crippen LogP contribution in [-0.2, 0) is 0 Å². The molecular weight excluding hydrogens is 249 g/mol. The Bertz CT molecular complexity index is 381. The van der Waals surface area contributed by atoms with E-state index in [1.54, 1.807) is 0 Å². The van der Waals surface area contributed by atoms with Crippen molar-refractivity contribution in [1.29, 1.82) is 0 Å². The van der Waals surface area contributed by atoms with Crippen LogP contribution in [0.1, 0.15) is 12.8 Å². The van der Waals surface area contributed by atoms with Gasteiger partial charge in [-0.1, -0.05) is 0 Å². The predicted molar refractivity (Wildman–Crippen MR) is 69.6 cm³/mol. The molecule has 2 rings (SSSR count). The van der Waals surface area contributed by atoms with Crippen LogP contribution in [0.4, 0.5) is 4.39 Å². The third-order valence-electron chi connectivity index (χ3n) is 3.15. The molecule has 1 aliphatic rings. The minimum Gasteiger partial charge on any atom is -0.491 e. The normalized spacial score (nSPS) is 16.6. The van der Waals surface area contributed by atoms with E-state index < -0.39 is 6.10 Å². The molecule has 0 amide bonds. The molecular formula is C14H20FNO3. The summed E-state index contributed by atoms with van der Waals surface area (Å²) in [6.45, 7) is 1.34. The van der Waals surface area contributed by atoms with E-state index in [0.717, 1.165) is 12.8 Å². The van der Waals surface area contributed by atoms with Gasteiger partial charge in [0.15, 0.2) is 0 Å². The molecule has 0 spiro atoms. The van der Waals surface area contributed by atoms with Crippen LogP contribution in [0, 0.1) is 5.82 Å². The first kappa shape index (κ1) is 14.2. The summed E-state index contributed by atoms with van der Waals surface area (Å²) in [6, 6.07) is 6.21. The molecule has 5 heteroatoms. The Hall–Kier alpha value is -1.17. The standard InChI is InChI=1S/C14H20FNO3/c15-11-1-5-14(6-2-11)19-10-13(18)9-16(7-8-17)12-3-4-12/h1-2,5-6,12-13,17-18H,3-4,7-10H2. The van der Waals surface area contributed by atoms with Crippen molar-refractivity contribution in [2.45, 2.75) is 25.0 Å². The van der Waals surface area contributed by atoms with Gasteiger partial charge in [0.2, 0.25) is 0 Å². The molecule has 0 aromatic heterocycles. The lowest BCUT2D eigenvalue weighted by Gasteiger charge is -2.24. The van der Waals surface area contributed by atoms with Gasteiger partial charge in [-0.2, -0.15) is 0 Å². The molecule has 19 heavy (non-hydrogen) atoms. The van der Waals surface area contributed by atoms with E-state index in [1.807, 2.05) is 0 Å². The lowest BCUT2D eigenvalue weighted by atomic mass is 10.3. The Morgan fingerprint density at radius 3 is 2.58 bits per heavy atom. The zero-order valence-electron chi connectivity index (χ0n) is 10.8. The third kappa shape index (κ3) is 4.78. The van der Waals surface area contributed by atoms with Gasteiger partial charge in [-0.25, -0.2) is 4.39 Å². The predicted octanol–water partition coefficient (Wildman–Crippen LogP) is 1.02. The molecule has 1 aromatic carbocycles. The van der Waals surface area contributed by atoms with Crippen LogP contribution >= 0.6 is 0 Å². The Kier molecular flexibility index (Phi) is 5.13. The summed E-state index contributed by atoms with van der Waals surface area (Å²) < 4.78 is 18.1. The van der Waals surface area contributed by atoms with Crippen LogP contribution in [0.2, 0.25) is 0 Å². The molecule has 1 fully saturated rings. The number of nitrogens with zero attached hydrogens (tertiary/aromatic N) is 1. The maximum Gasteiger partial charge on any atom is 0.123 e. The Balaban J connectivity index is 1.73. The number of benzene rings is 1. The number of rotatable bonds is 8. The van der Waals surface area contributed by atoms with Crippen molar-refractivity contribution in [1.82, 2.24) is 4.90 Å². The molecule has 0 aliphatic heterocycles. The van der Waals surface area contributed by atoms with Gasteiger partial charge >= 0.3 is 0 Å². The SMILES string of the molecule is OCCN(CC(O)COc1ccc(F)cc1)C1CC1. The maximum absolute atomic E-state index is 12.7. The van der Waals surface area contributed by atoms with Crippen molar-refractivity contribution in [2.24, 2.45) is 0 Å². The third-order valence-corrected chi connectivity index (χ3v) is 3.15. The van der Waals surface area contributed by atoms with E-state index in [4.69, 9.17) is 9.84 Å². The average Bonchev–Trinajstić information content (AvgIpc) is 3.22. The molecule has 1 aromatic rings. The van der Waals surface area contributed by atoms with Gasteiger partial charge in [-0.05, 0) is 37.1 Å². The molecule has 0 radical (unpaired) electrons. The van der Waals surface area contributed by atoms with Crippen molar-refractivity contribution >= 4 is 0 Å². The first-order valence-electron chi connectivity index (χ1n) is 6.60. The quantitative estimate of drug-likeness (QED) is 0.740. The van der Waals surface area contributed by atoms with Crippen LogP contribution in [-0.4, -0.2) is 53.6 Å². The lowest BCUT2D eigenvalue weighted by Crippen LogP contribution is -2.38. The highest BCUT2D eigenvalue weighted by molar-refractivity contribution is 5.22. The first-order chi connectivity index (χ1) is 9.19. The fraction of sp³-hybridized carbons (Fsp3) is 0.571. The highest BCUT2D eigenvalue weighted by Crippen LogP contribution is 2.26. The molecule has 2 N–H and O–H groups in total. The van der Waals surface area contributed by atoms with Gasteiger partial charge in [-0.3, -0.25) is 4.90 Å². The second-order valence-electron chi connectivity index (χ2n) is 4.87. The van der Waals surface area contributed by atoms with Gasteiger partial charge in [0, 0.05) is 19.1 Å². The average molecular weight is 269 g/mol. The molecule has 4 nitrogen and oxygen atoms in total. The minimum atomic E-state index is -0.614. The van der Waals surface area contributed by atoms with Crippen molar-refractivity contribution in [3.63, 3.8) is 0 Å². The summed E-state index contributed by atoms with van der Waals surface area (Å²) in [5.74, 6) is 0.233. The Morgan fingerprint density at radius 1 is 1.32 bits per heavy atom. The van der Waals surface area contributed by atoms with Gasteiger partial charge in [-0.15, -0.1) is 0 Å². The summed E-state index contributed by atoms with van der Waals surface area (Å²) >= 11 is 0. The summed E-state index contributed by atoms with van der Waals surface area (Å²) in [5.41, 5.74) is 0. The van der Waals surface area contributed by atoms with E-state index in [9.17, 15) is 9.50 Å². The van der Waals surface area contributed by atoms with E-state index in [2.05, 4.69) is 4.90 Å². The van der Waals surface area contributed by atoms with E-state index in [1.165, 1.54) is 24.3 Å². The second-order valence-corrected chi connectivity index (χ2v) is 4.87. The van der Waals surface area contributed by atoms with E-state index in [-0.39, 0.29) is 19.0 Å². The van der Waals surface area contributed by atoms with Crippen molar-refractivity contribution in [3.05, 3.63) is 30.1 Å². The Morgan fingerprint density at radius 2 is 2.00 bits per heavy atom. The van der Waals surface area contributed by atoms with Gasteiger partial charge in [0.25, 0.3) is 0 Å². The van der Waals surface area contributed by atoms with E-state index in [0.29, 0.717) is 24.9 Å². The summed E-state index contributed by atoms with van der Waals surface area (Å²) in [7, 11) is 0. The summed E-state index contributed by atoms with van der Waals surface area (Å²) in [4.78, 5) is 2.08. The zero-order valence-corrected chi connectivity index (χ0v) is 10.8. The van der Waals surface area contributed by atoms with Crippen LogP contribution < -0.4 is 4.74 Å². The fourth-order valence-electron chi connectivity index (χ4n) is 2.04. The number of aliphatic hydroxyl groups is 2. The van der Waals surface area contributed by atoms with Crippen LogP contribution in [0.15, 0.2) is 24.3 Å². The van der Waals surface area contributed by atoms with Crippen molar-refractivity contribution in [2.75, 3.05) is 26.3 Å². The highest BCUT2D eigenvalue weighted by atomic mass is 19.1. The molecule has 0 heterocycles. The summed E-state index contributed by atoms with van der Waals surface area (Å²) in [6.07, 6.45) is 1.65. The van der Waals surface area contributed by atoms with Crippen LogP contribution in [0.5, 0.6) is 5.75 Å². The molecule has 1 aliphatic carbocycles. The van der Waals surface area contributed by atoms with Crippen LogP contribution in [0.25, 0.3) is 0 Å². The van der Waals surface area contributed by atoms with Crippen molar-refractivity contribution in [3.8, 4) is 5.75 Å². The second kappa shape index (κ2) is 6.84. The highest BCUT2D eigenvalue weighted by Gasteiger charge is 2.29. The first-order valence-corrected chi connectivity index (χ1v) is 6.60. The number of aliphatic hydroxyl groups excluding tert-OH is 2. The smallest absolute Gasteiger partial charge is 0.123 e. The van der Waals surface area contributed by atoms with Gasteiger partial charge in [0.1, 0.15) is 24.3 Å². The molecule has 0 bridgehead atoms. The van der Waals surface area contributed by atoms with Gasteiger partial charge < -0.3 is 14.9 Å². The fourth-order valence-corrected chi connectivity index (χ4v) is 2.04. The number of halogens is 1. The number of hydrogen-bond donors (Lipinski definition) is 2. The molecule has 1 atom stereocenters. The monoisotopic (exact) mass is 269 g/mol. The number of hydrogen-bond acceptors (Lipinski definition) is 4. The minimum absolute atomic E-state index is 0.0992. The maximum atomic E-state index is 12.7. The topological polar surface area (TPSA) is 52.9 Å². The largest absolute Gasteiger partial charge is 0.491 e. The van der Waals surface area contributed by atoms with Crippen molar-refractivity contribution < 1.29 is 19.3 Å². The molecule has 106 valence electrons. The van der Waals surface area contributed by atoms with Crippen LogP contribution in [0.3, 0.4) is 0 Å². The molecule has 0 saturated heterocycles. The van der Waals surface area contributed by atoms with E-state index >= 15 is 0 Å². The summed E-state index contributed by atoms with van der Waals surface area (Å²) in [5, 5.41) is 18.9. The molecule has 1 saturated carbocycles. The Labute approximate surface area is 112 Å². The molecule has 1 unspecified atom stereocenters. The lowest BCUT2D eigenvalue weighted by molar-refractivity contribution is 0.0588. The number of ether oxygens (including phenoxy) is 1. The van der Waals surface area contributed by atoms with Gasteiger partial charge in [0.05, 0.1) is 6.61 Å². The zero-order chi connectivity index (χ0) is 13.7.